The van der Waals surface area contributed by atoms with Gasteiger partial charge >= 0.3 is 0 Å². The van der Waals surface area contributed by atoms with Gasteiger partial charge in [-0.25, -0.2) is 4.98 Å². The van der Waals surface area contributed by atoms with Crippen molar-refractivity contribution in [1.29, 1.82) is 0 Å². The summed E-state index contributed by atoms with van der Waals surface area (Å²) in [5.74, 6) is 1.62. The molecular formula is C20H31N7. The van der Waals surface area contributed by atoms with Gasteiger partial charge in [0.1, 0.15) is 12.2 Å². The fourth-order valence-electron chi connectivity index (χ4n) is 3.58. The monoisotopic (exact) mass is 369 g/mol. The summed E-state index contributed by atoms with van der Waals surface area (Å²) in [5, 5.41) is 10.7. The maximum Gasteiger partial charge on any atom is 0.191 e. The van der Waals surface area contributed by atoms with Crippen LogP contribution in [0.2, 0.25) is 0 Å². The molecule has 1 aliphatic rings. The van der Waals surface area contributed by atoms with Crippen LogP contribution in [0.4, 0.5) is 5.69 Å². The van der Waals surface area contributed by atoms with Gasteiger partial charge in [0, 0.05) is 39.4 Å². The van der Waals surface area contributed by atoms with Crippen molar-refractivity contribution in [3.63, 3.8) is 0 Å². The molecule has 146 valence electrons. The second kappa shape index (κ2) is 9.39. The molecule has 0 bridgehead atoms. The number of rotatable bonds is 6. The maximum absolute atomic E-state index is 4.27. The highest BCUT2D eigenvalue weighted by Crippen LogP contribution is 2.26. The number of guanidine groups is 1. The molecule has 2 N–H and O–H groups in total. The van der Waals surface area contributed by atoms with Crippen molar-refractivity contribution in [2.75, 3.05) is 19.0 Å². The molecule has 1 fully saturated rings. The van der Waals surface area contributed by atoms with Crippen LogP contribution in [0.3, 0.4) is 0 Å². The Bertz CT molecular complexity index is 729. The molecule has 1 aliphatic carbocycles. The van der Waals surface area contributed by atoms with Crippen LogP contribution in [-0.4, -0.2) is 40.9 Å². The van der Waals surface area contributed by atoms with E-state index in [-0.39, 0.29) is 0 Å². The van der Waals surface area contributed by atoms with Gasteiger partial charge in [0.2, 0.25) is 0 Å². The van der Waals surface area contributed by atoms with E-state index in [2.05, 4.69) is 61.9 Å². The molecule has 0 atom stereocenters. The van der Waals surface area contributed by atoms with Crippen molar-refractivity contribution in [1.82, 2.24) is 25.4 Å². The molecule has 0 spiro atoms. The zero-order valence-electron chi connectivity index (χ0n) is 16.6. The first-order valence-electron chi connectivity index (χ1n) is 9.76. The van der Waals surface area contributed by atoms with Crippen LogP contribution in [0, 0.1) is 0 Å². The minimum absolute atomic E-state index is 0.585. The molecule has 0 aliphatic heterocycles. The lowest BCUT2D eigenvalue weighted by Crippen LogP contribution is -2.37. The summed E-state index contributed by atoms with van der Waals surface area (Å²) < 4.78 is 1.75. The van der Waals surface area contributed by atoms with E-state index in [9.17, 15) is 0 Å². The maximum atomic E-state index is 4.27. The zero-order valence-corrected chi connectivity index (χ0v) is 16.6. The number of aromatic nitrogens is 3. The van der Waals surface area contributed by atoms with Gasteiger partial charge < -0.3 is 15.5 Å². The van der Waals surface area contributed by atoms with Crippen molar-refractivity contribution in [3.05, 3.63) is 42.0 Å². The fraction of sp³-hybridized carbons (Fsp3) is 0.550. The van der Waals surface area contributed by atoms with Gasteiger partial charge in [-0.15, -0.1) is 0 Å². The number of benzene rings is 1. The van der Waals surface area contributed by atoms with Gasteiger partial charge in [0.05, 0.1) is 6.54 Å². The third-order valence-electron chi connectivity index (χ3n) is 5.37. The molecule has 7 nitrogen and oxygen atoms in total. The molecule has 7 heteroatoms. The lowest BCUT2D eigenvalue weighted by molar-refractivity contribution is 0.427. The summed E-state index contributed by atoms with van der Waals surface area (Å²) >= 11 is 0. The Morgan fingerprint density at radius 2 is 1.85 bits per heavy atom. The number of aliphatic imine (C=N–C) groups is 1. The predicted octanol–water partition coefficient (Wildman–Crippen LogP) is 2.45. The van der Waals surface area contributed by atoms with Gasteiger partial charge in [0.15, 0.2) is 5.96 Å². The summed E-state index contributed by atoms with van der Waals surface area (Å²) in [5.41, 5.74) is 2.54. The van der Waals surface area contributed by atoms with Crippen LogP contribution >= 0.6 is 0 Å². The van der Waals surface area contributed by atoms with Gasteiger partial charge in [-0.05, 0) is 30.5 Å². The molecule has 0 radical (unpaired) electrons. The molecular weight excluding hydrogens is 338 g/mol. The Labute approximate surface area is 161 Å². The Kier molecular flexibility index (Phi) is 6.68. The van der Waals surface area contributed by atoms with E-state index in [1.54, 1.807) is 18.1 Å². The van der Waals surface area contributed by atoms with E-state index in [0.717, 1.165) is 18.3 Å². The minimum Gasteiger partial charge on any atom is -0.372 e. The molecule has 0 unspecified atom stereocenters. The standard InChI is InChI=1S/C20H31N7/c1-21-20(23-14-19-24-15-25-27(19)3)22-13-16-9-11-18(12-10-16)26(2)17-7-5-4-6-8-17/h9-12,15,17H,4-8,13-14H2,1-3H3,(H2,21,22,23). The van der Waals surface area contributed by atoms with Crippen LogP contribution < -0.4 is 15.5 Å². The number of hydrogen-bond donors (Lipinski definition) is 2. The van der Waals surface area contributed by atoms with Gasteiger partial charge in [0.25, 0.3) is 0 Å². The van der Waals surface area contributed by atoms with Crippen molar-refractivity contribution in [3.8, 4) is 0 Å². The molecule has 1 saturated carbocycles. The van der Waals surface area contributed by atoms with E-state index in [1.807, 2.05) is 7.05 Å². The summed E-state index contributed by atoms with van der Waals surface area (Å²) in [6.07, 6.45) is 8.29. The van der Waals surface area contributed by atoms with Gasteiger partial charge in [-0.1, -0.05) is 31.4 Å². The Morgan fingerprint density at radius 3 is 2.48 bits per heavy atom. The van der Waals surface area contributed by atoms with Gasteiger partial charge in [-0.3, -0.25) is 9.67 Å². The highest BCUT2D eigenvalue weighted by molar-refractivity contribution is 5.79. The Morgan fingerprint density at radius 1 is 1.15 bits per heavy atom. The van der Waals surface area contributed by atoms with Crippen molar-refractivity contribution in [2.24, 2.45) is 12.0 Å². The first-order chi connectivity index (χ1) is 13.2. The lowest BCUT2D eigenvalue weighted by atomic mass is 9.94. The summed E-state index contributed by atoms with van der Waals surface area (Å²) in [6.45, 7) is 1.31. The van der Waals surface area contributed by atoms with Crippen LogP contribution in [0.5, 0.6) is 0 Å². The average Bonchev–Trinajstić information content (AvgIpc) is 3.13. The number of nitrogens with zero attached hydrogens (tertiary/aromatic N) is 5. The SMILES string of the molecule is CN=C(NCc1ccc(N(C)C2CCCCC2)cc1)NCc1ncnn1C. The highest BCUT2D eigenvalue weighted by Gasteiger charge is 2.18. The Balaban J connectivity index is 1.49. The molecule has 27 heavy (non-hydrogen) atoms. The number of hydrogen-bond acceptors (Lipinski definition) is 4. The lowest BCUT2D eigenvalue weighted by Gasteiger charge is -2.33. The second-order valence-electron chi connectivity index (χ2n) is 7.15. The first kappa shape index (κ1) is 19.2. The molecule has 0 amide bonds. The van der Waals surface area contributed by atoms with E-state index in [0.29, 0.717) is 12.6 Å². The fourth-order valence-corrected chi connectivity index (χ4v) is 3.58. The largest absolute Gasteiger partial charge is 0.372 e. The third kappa shape index (κ3) is 5.21. The third-order valence-corrected chi connectivity index (χ3v) is 5.37. The molecule has 1 aromatic carbocycles. The molecule has 3 rings (SSSR count). The number of nitrogens with one attached hydrogen (secondary N) is 2. The van der Waals surface area contributed by atoms with Crippen molar-refractivity contribution < 1.29 is 0 Å². The van der Waals surface area contributed by atoms with Crippen LogP contribution in [0.1, 0.15) is 43.5 Å². The average molecular weight is 370 g/mol. The predicted molar refractivity (Wildman–Crippen MR) is 110 cm³/mol. The van der Waals surface area contributed by atoms with E-state index >= 15 is 0 Å². The zero-order chi connectivity index (χ0) is 19.1. The first-order valence-corrected chi connectivity index (χ1v) is 9.76. The molecule has 1 heterocycles. The summed E-state index contributed by atoms with van der Waals surface area (Å²) in [7, 11) is 5.88. The van der Waals surface area contributed by atoms with Crippen LogP contribution in [-0.2, 0) is 20.1 Å². The normalized spacial score (nSPS) is 15.6. The van der Waals surface area contributed by atoms with Crippen molar-refractivity contribution in [2.45, 2.75) is 51.2 Å². The van der Waals surface area contributed by atoms with Crippen LogP contribution in [0.15, 0.2) is 35.6 Å². The van der Waals surface area contributed by atoms with Crippen LogP contribution in [0.25, 0.3) is 0 Å². The molecule has 2 aromatic rings. The molecule has 1 aromatic heterocycles. The number of anilines is 1. The topological polar surface area (TPSA) is 70.4 Å². The van der Waals surface area contributed by atoms with Gasteiger partial charge in [-0.2, -0.15) is 5.10 Å². The Hall–Kier alpha value is -2.57. The smallest absolute Gasteiger partial charge is 0.191 e. The van der Waals surface area contributed by atoms with E-state index in [1.165, 1.54) is 43.4 Å². The summed E-state index contributed by atoms with van der Waals surface area (Å²) in [4.78, 5) is 10.9. The highest BCUT2D eigenvalue weighted by atomic mass is 15.3. The number of aryl methyl sites for hydroxylation is 1. The minimum atomic E-state index is 0.585. The summed E-state index contributed by atoms with van der Waals surface area (Å²) in [6, 6.07) is 9.52. The van der Waals surface area contributed by atoms with Crippen molar-refractivity contribution >= 4 is 11.6 Å². The van der Waals surface area contributed by atoms with E-state index in [4.69, 9.17) is 0 Å². The molecule has 0 saturated heterocycles. The van der Waals surface area contributed by atoms with E-state index < -0.39 is 0 Å². The second-order valence-corrected chi connectivity index (χ2v) is 7.15. The quantitative estimate of drug-likeness (QED) is 0.605.